The highest BCUT2D eigenvalue weighted by Crippen LogP contribution is 2.21. The fourth-order valence-electron chi connectivity index (χ4n) is 2.81. The van der Waals surface area contributed by atoms with Crippen LogP contribution in [0.3, 0.4) is 0 Å². The van der Waals surface area contributed by atoms with Crippen LogP contribution in [-0.4, -0.2) is 38.1 Å². The van der Waals surface area contributed by atoms with Crippen LogP contribution in [0.25, 0.3) is 0 Å². The number of benzene rings is 2. The molecule has 1 fully saturated rings. The van der Waals surface area contributed by atoms with Crippen LogP contribution in [-0.2, 0) is 11.2 Å². The summed E-state index contributed by atoms with van der Waals surface area (Å²) in [6, 6.07) is 15.3. The van der Waals surface area contributed by atoms with Crippen LogP contribution < -0.4 is 20.7 Å². The van der Waals surface area contributed by atoms with Crippen molar-refractivity contribution in [2.45, 2.75) is 25.3 Å². The van der Waals surface area contributed by atoms with Crippen LogP contribution in [0.2, 0.25) is 0 Å². The van der Waals surface area contributed by atoms with Crippen molar-refractivity contribution in [2.24, 2.45) is 0 Å². The molecule has 0 heterocycles. The molecule has 0 spiro atoms. The maximum atomic E-state index is 12.3. The van der Waals surface area contributed by atoms with Crippen LogP contribution in [0.15, 0.2) is 48.5 Å². The van der Waals surface area contributed by atoms with Crippen molar-refractivity contribution < 1.29 is 14.3 Å². The third kappa shape index (κ3) is 5.48. The Balaban J connectivity index is 1.47. The molecule has 0 radical (unpaired) electrons. The third-order valence-corrected chi connectivity index (χ3v) is 4.43. The molecule has 3 N–H and O–H groups in total. The van der Waals surface area contributed by atoms with Crippen molar-refractivity contribution in [2.75, 3.05) is 25.5 Å². The van der Waals surface area contributed by atoms with Gasteiger partial charge in [0.25, 0.3) is 5.91 Å². The highest BCUT2D eigenvalue weighted by atomic mass is 16.5. The summed E-state index contributed by atoms with van der Waals surface area (Å²) in [5.41, 5.74) is 2.28. The summed E-state index contributed by atoms with van der Waals surface area (Å²) < 4.78 is 5.31. The Morgan fingerprint density at radius 1 is 1.07 bits per heavy atom. The number of carbonyl (C=O) groups is 2. The van der Waals surface area contributed by atoms with Crippen molar-refractivity contribution in [3.8, 4) is 5.75 Å². The Morgan fingerprint density at radius 3 is 2.59 bits per heavy atom. The van der Waals surface area contributed by atoms with Gasteiger partial charge in [-0.15, -0.1) is 0 Å². The molecule has 6 nitrogen and oxygen atoms in total. The van der Waals surface area contributed by atoms with Gasteiger partial charge in [0, 0.05) is 18.3 Å². The van der Waals surface area contributed by atoms with Crippen LogP contribution in [0, 0.1) is 0 Å². The number of nitrogens with one attached hydrogen (secondary N) is 3. The van der Waals surface area contributed by atoms with E-state index in [-0.39, 0.29) is 18.4 Å². The lowest BCUT2D eigenvalue weighted by Crippen LogP contribution is -2.32. The van der Waals surface area contributed by atoms with E-state index in [0.29, 0.717) is 30.3 Å². The van der Waals surface area contributed by atoms with Gasteiger partial charge in [-0.3, -0.25) is 9.59 Å². The number of hydrogen-bond donors (Lipinski definition) is 3. The van der Waals surface area contributed by atoms with E-state index in [9.17, 15) is 9.59 Å². The van der Waals surface area contributed by atoms with Gasteiger partial charge in [-0.25, -0.2) is 0 Å². The molecule has 2 amide bonds. The monoisotopic (exact) mass is 367 g/mol. The average molecular weight is 367 g/mol. The zero-order chi connectivity index (χ0) is 19.1. The van der Waals surface area contributed by atoms with Crippen LogP contribution in [0.5, 0.6) is 5.75 Å². The summed E-state index contributed by atoms with van der Waals surface area (Å²) in [4.78, 5) is 24.4. The Labute approximate surface area is 159 Å². The molecule has 1 aliphatic rings. The summed E-state index contributed by atoms with van der Waals surface area (Å²) in [6.07, 6.45) is 2.77. The van der Waals surface area contributed by atoms with Gasteiger partial charge in [-0.1, -0.05) is 30.3 Å². The molecular weight excluding hydrogens is 342 g/mol. The first-order valence-corrected chi connectivity index (χ1v) is 9.19. The van der Waals surface area contributed by atoms with E-state index in [1.807, 2.05) is 42.5 Å². The van der Waals surface area contributed by atoms with E-state index in [0.717, 1.165) is 24.2 Å². The Morgan fingerprint density at radius 2 is 1.81 bits per heavy atom. The molecule has 1 saturated carbocycles. The first kappa shape index (κ1) is 18.8. The van der Waals surface area contributed by atoms with Gasteiger partial charge in [0.05, 0.1) is 19.2 Å². The highest BCUT2D eigenvalue weighted by Gasteiger charge is 2.24. The van der Waals surface area contributed by atoms with Gasteiger partial charge < -0.3 is 20.7 Å². The second-order valence-corrected chi connectivity index (χ2v) is 6.56. The van der Waals surface area contributed by atoms with E-state index >= 15 is 0 Å². The van der Waals surface area contributed by atoms with Crippen LogP contribution >= 0.6 is 0 Å². The predicted molar refractivity (Wildman–Crippen MR) is 105 cm³/mol. The molecule has 1 aliphatic carbocycles. The number of methoxy groups -OCH3 is 1. The molecule has 0 aliphatic heterocycles. The number of anilines is 1. The van der Waals surface area contributed by atoms with Crippen molar-refractivity contribution in [1.29, 1.82) is 0 Å². The Kier molecular flexibility index (Phi) is 6.30. The quantitative estimate of drug-likeness (QED) is 0.636. The van der Waals surface area contributed by atoms with Crippen molar-refractivity contribution in [3.63, 3.8) is 0 Å². The zero-order valence-electron chi connectivity index (χ0n) is 15.5. The second-order valence-electron chi connectivity index (χ2n) is 6.56. The van der Waals surface area contributed by atoms with Gasteiger partial charge >= 0.3 is 0 Å². The number of para-hydroxylation sites is 2. The highest BCUT2D eigenvalue weighted by molar-refractivity contribution is 6.00. The van der Waals surface area contributed by atoms with Crippen molar-refractivity contribution in [1.82, 2.24) is 10.6 Å². The summed E-state index contributed by atoms with van der Waals surface area (Å²) >= 11 is 0. The SMILES string of the molecule is COc1ccccc1CCNC(=O)CNc1ccccc1C(=O)NC1CC1. The summed E-state index contributed by atoms with van der Waals surface area (Å²) in [5.74, 6) is 0.597. The Bertz CT molecular complexity index is 803. The molecule has 27 heavy (non-hydrogen) atoms. The molecule has 3 rings (SSSR count). The minimum absolute atomic E-state index is 0.0998. The van der Waals surface area contributed by atoms with E-state index in [4.69, 9.17) is 4.74 Å². The smallest absolute Gasteiger partial charge is 0.253 e. The first-order chi connectivity index (χ1) is 13.2. The van der Waals surface area contributed by atoms with Crippen molar-refractivity contribution in [3.05, 3.63) is 59.7 Å². The normalized spacial score (nSPS) is 12.9. The van der Waals surface area contributed by atoms with Gasteiger partial charge in [-0.2, -0.15) is 0 Å². The lowest BCUT2D eigenvalue weighted by molar-refractivity contribution is -0.119. The van der Waals surface area contributed by atoms with E-state index in [1.54, 1.807) is 13.2 Å². The first-order valence-electron chi connectivity index (χ1n) is 9.19. The number of rotatable bonds is 9. The largest absolute Gasteiger partial charge is 0.496 e. The van der Waals surface area contributed by atoms with E-state index < -0.39 is 0 Å². The minimum Gasteiger partial charge on any atom is -0.496 e. The summed E-state index contributed by atoms with van der Waals surface area (Å²) in [5, 5.41) is 8.92. The lowest BCUT2D eigenvalue weighted by atomic mass is 10.1. The molecule has 0 saturated heterocycles. The molecule has 142 valence electrons. The molecule has 0 bridgehead atoms. The Hall–Kier alpha value is -3.02. The van der Waals surface area contributed by atoms with E-state index in [2.05, 4.69) is 16.0 Å². The summed E-state index contributed by atoms with van der Waals surface area (Å²) in [6.45, 7) is 0.629. The molecule has 6 heteroatoms. The van der Waals surface area contributed by atoms with Gasteiger partial charge in [0.15, 0.2) is 0 Å². The topological polar surface area (TPSA) is 79.5 Å². The maximum Gasteiger partial charge on any atom is 0.253 e. The molecule has 2 aromatic carbocycles. The number of carbonyl (C=O) groups excluding carboxylic acids is 2. The third-order valence-electron chi connectivity index (χ3n) is 4.43. The fraction of sp³-hybridized carbons (Fsp3) is 0.333. The standard InChI is InChI=1S/C21H25N3O3/c1-27-19-9-5-2-6-15(19)12-13-22-20(25)14-23-18-8-4-3-7-17(18)21(26)24-16-10-11-16/h2-9,16,23H,10-14H2,1H3,(H,22,25)(H,24,26). The average Bonchev–Trinajstić information content (AvgIpc) is 3.51. The van der Waals surface area contributed by atoms with E-state index in [1.165, 1.54) is 0 Å². The van der Waals surface area contributed by atoms with Crippen LogP contribution in [0.4, 0.5) is 5.69 Å². The number of ether oxygens (including phenoxy) is 1. The van der Waals surface area contributed by atoms with Gasteiger partial charge in [-0.05, 0) is 43.0 Å². The molecular formula is C21H25N3O3. The van der Waals surface area contributed by atoms with Gasteiger partial charge in [0.1, 0.15) is 5.75 Å². The molecule has 2 aromatic rings. The van der Waals surface area contributed by atoms with Gasteiger partial charge in [0.2, 0.25) is 5.91 Å². The summed E-state index contributed by atoms with van der Waals surface area (Å²) in [7, 11) is 1.64. The fourth-order valence-corrected chi connectivity index (χ4v) is 2.81. The van der Waals surface area contributed by atoms with Crippen LogP contribution in [0.1, 0.15) is 28.8 Å². The predicted octanol–water partition coefficient (Wildman–Crippen LogP) is 2.36. The van der Waals surface area contributed by atoms with Crippen molar-refractivity contribution >= 4 is 17.5 Å². The lowest BCUT2D eigenvalue weighted by Gasteiger charge is -2.12. The molecule has 0 atom stereocenters. The molecule has 0 aromatic heterocycles. The minimum atomic E-state index is -0.123. The number of hydrogen-bond acceptors (Lipinski definition) is 4. The molecule has 0 unspecified atom stereocenters. The number of amides is 2. The maximum absolute atomic E-state index is 12.3. The zero-order valence-corrected chi connectivity index (χ0v) is 15.5. The second kappa shape index (κ2) is 9.07.